The van der Waals surface area contributed by atoms with Crippen molar-refractivity contribution < 1.29 is 4.74 Å². The van der Waals surface area contributed by atoms with Gasteiger partial charge in [0.05, 0.1) is 11.6 Å². The molecule has 0 aliphatic heterocycles. The highest BCUT2D eigenvalue weighted by atomic mass is 127. The van der Waals surface area contributed by atoms with Gasteiger partial charge in [-0.2, -0.15) is 0 Å². The molecule has 0 aromatic heterocycles. The van der Waals surface area contributed by atoms with E-state index in [4.69, 9.17) is 16.3 Å². The van der Waals surface area contributed by atoms with Gasteiger partial charge >= 0.3 is 0 Å². The largest absolute Gasteiger partial charge is 0.487 e. The van der Waals surface area contributed by atoms with Gasteiger partial charge in [0.1, 0.15) is 11.9 Å². The molecule has 2 N–H and O–H groups in total. The normalized spacial score (nSPS) is 12.3. The lowest BCUT2D eigenvalue weighted by molar-refractivity contribution is 0.199. The average molecular weight is 398 g/mol. The second-order valence-electron chi connectivity index (χ2n) is 3.78. The van der Waals surface area contributed by atoms with Crippen molar-refractivity contribution in [2.75, 3.05) is 20.6 Å². The number of guanidine groups is 1. The fourth-order valence-corrected chi connectivity index (χ4v) is 1.66. The number of para-hydroxylation sites is 1. The van der Waals surface area contributed by atoms with Crippen molar-refractivity contribution in [2.24, 2.45) is 4.99 Å². The lowest BCUT2D eigenvalue weighted by Gasteiger charge is -2.19. The SMILES string of the molecule is CCC(CNC(=NC)NC)Oc1ccccc1Cl.I. The second-order valence-corrected chi connectivity index (χ2v) is 4.19. The molecule has 0 saturated carbocycles. The number of benzene rings is 1. The molecule has 108 valence electrons. The molecule has 0 aliphatic rings. The van der Waals surface area contributed by atoms with Crippen LogP contribution in [0.2, 0.25) is 5.02 Å². The number of rotatable bonds is 5. The fourth-order valence-electron chi connectivity index (χ4n) is 1.48. The predicted molar refractivity (Wildman–Crippen MR) is 92.0 cm³/mol. The Labute approximate surface area is 137 Å². The van der Waals surface area contributed by atoms with Gasteiger partial charge in [0.15, 0.2) is 5.96 Å². The molecular weight excluding hydrogens is 377 g/mol. The van der Waals surface area contributed by atoms with E-state index in [9.17, 15) is 0 Å². The molecule has 0 aliphatic carbocycles. The third-order valence-corrected chi connectivity index (χ3v) is 2.86. The Balaban J connectivity index is 0.00000324. The lowest BCUT2D eigenvalue weighted by Crippen LogP contribution is -2.40. The van der Waals surface area contributed by atoms with Crippen LogP contribution in [0.4, 0.5) is 0 Å². The Morgan fingerprint density at radius 3 is 2.63 bits per heavy atom. The van der Waals surface area contributed by atoms with E-state index in [1.165, 1.54) is 0 Å². The average Bonchev–Trinajstić information content (AvgIpc) is 2.40. The molecule has 1 atom stereocenters. The maximum Gasteiger partial charge on any atom is 0.190 e. The number of nitrogens with one attached hydrogen (secondary N) is 2. The Morgan fingerprint density at radius 2 is 2.11 bits per heavy atom. The van der Waals surface area contributed by atoms with E-state index in [-0.39, 0.29) is 30.1 Å². The van der Waals surface area contributed by atoms with Gasteiger partial charge in [-0.25, -0.2) is 0 Å². The number of hydrogen-bond acceptors (Lipinski definition) is 2. The molecule has 0 spiro atoms. The Morgan fingerprint density at radius 1 is 1.42 bits per heavy atom. The van der Waals surface area contributed by atoms with Gasteiger partial charge in [-0.3, -0.25) is 4.99 Å². The summed E-state index contributed by atoms with van der Waals surface area (Å²) in [4.78, 5) is 4.05. The van der Waals surface area contributed by atoms with E-state index in [0.29, 0.717) is 17.3 Å². The third kappa shape index (κ3) is 6.33. The van der Waals surface area contributed by atoms with Gasteiger partial charge in [-0.15, -0.1) is 24.0 Å². The highest BCUT2D eigenvalue weighted by Crippen LogP contribution is 2.24. The van der Waals surface area contributed by atoms with E-state index < -0.39 is 0 Å². The van der Waals surface area contributed by atoms with Crippen LogP contribution in [0.1, 0.15) is 13.3 Å². The van der Waals surface area contributed by atoms with Crippen LogP contribution in [0.15, 0.2) is 29.3 Å². The fraction of sp³-hybridized carbons (Fsp3) is 0.462. The van der Waals surface area contributed by atoms with Crippen LogP contribution in [0.25, 0.3) is 0 Å². The molecule has 0 saturated heterocycles. The number of halogens is 2. The second kappa shape index (κ2) is 10.1. The van der Waals surface area contributed by atoms with Gasteiger partial charge in [0, 0.05) is 14.1 Å². The Kier molecular flexibility index (Phi) is 9.77. The van der Waals surface area contributed by atoms with E-state index >= 15 is 0 Å². The summed E-state index contributed by atoms with van der Waals surface area (Å²) < 4.78 is 5.86. The standard InChI is InChI=1S/C13H20ClN3O.HI/c1-4-10(9-17-13(15-2)16-3)18-12-8-6-5-7-11(12)14;/h5-8,10H,4,9H2,1-3H3,(H2,15,16,17);1H. The molecule has 1 aromatic rings. The zero-order chi connectivity index (χ0) is 13.4. The highest BCUT2D eigenvalue weighted by molar-refractivity contribution is 14.0. The monoisotopic (exact) mass is 397 g/mol. The molecule has 0 bridgehead atoms. The summed E-state index contributed by atoms with van der Waals surface area (Å²) in [5.41, 5.74) is 0. The number of aliphatic imine (C=N–C) groups is 1. The first-order chi connectivity index (χ1) is 8.71. The van der Waals surface area contributed by atoms with Gasteiger partial charge in [0.2, 0.25) is 0 Å². The minimum absolute atomic E-state index is 0. The summed E-state index contributed by atoms with van der Waals surface area (Å²) >= 11 is 6.06. The molecule has 1 rings (SSSR count). The molecule has 0 radical (unpaired) electrons. The summed E-state index contributed by atoms with van der Waals surface area (Å²) in [6, 6.07) is 7.49. The zero-order valence-electron chi connectivity index (χ0n) is 11.4. The smallest absolute Gasteiger partial charge is 0.190 e. The van der Waals surface area contributed by atoms with Crippen molar-refractivity contribution in [3.8, 4) is 5.75 Å². The van der Waals surface area contributed by atoms with E-state index in [1.807, 2.05) is 31.3 Å². The number of nitrogens with zero attached hydrogens (tertiary/aromatic N) is 1. The van der Waals surface area contributed by atoms with Crippen molar-refractivity contribution in [1.29, 1.82) is 0 Å². The first kappa shape index (κ1) is 18.3. The van der Waals surface area contributed by atoms with Crippen LogP contribution in [-0.4, -0.2) is 32.7 Å². The molecule has 0 fully saturated rings. The quantitative estimate of drug-likeness (QED) is 0.456. The van der Waals surface area contributed by atoms with Crippen LogP contribution in [-0.2, 0) is 0 Å². The topological polar surface area (TPSA) is 45.7 Å². The predicted octanol–water partition coefficient (Wildman–Crippen LogP) is 2.91. The van der Waals surface area contributed by atoms with Crippen molar-refractivity contribution in [2.45, 2.75) is 19.4 Å². The van der Waals surface area contributed by atoms with E-state index in [2.05, 4.69) is 22.5 Å². The van der Waals surface area contributed by atoms with Crippen molar-refractivity contribution in [1.82, 2.24) is 10.6 Å². The van der Waals surface area contributed by atoms with Gasteiger partial charge < -0.3 is 15.4 Å². The van der Waals surface area contributed by atoms with Crippen molar-refractivity contribution in [3.05, 3.63) is 29.3 Å². The first-order valence-corrected chi connectivity index (χ1v) is 6.38. The molecule has 1 unspecified atom stereocenters. The Hall–Kier alpha value is -0.690. The van der Waals surface area contributed by atoms with E-state index in [1.54, 1.807) is 7.05 Å². The maximum absolute atomic E-state index is 6.06. The van der Waals surface area contributed by atoms with Crippen molar-refractivity contribution >= 4 is 41.5 Å². The summed E-state index contributed by atoms with van der Waals surface area (Å²) in [6.07, 6.45) is 0.939. The molecule has 6 heteroatoms. The van der Waals surface area contributed by atoms with Crippen LogP contribution in [0, 0.1) is 0 Å². The Bertz CT molecular complexity index is 401. The molecule has 0 amide bonds. The zero-order valence-corrected chi connectivity index (χ0v) is 14.5. The van der Waals surface area contributed by atoms with Crippen LogP contribution in [0.5, 0.6) is 5.75 Å². The van der Waals surface area contributed by atoms with Crippen molar-refractivity contribution in [3.63, 3.8) is 0 Å². The maximum atomic E-state index is 6.06. The summed E-state index contributed by atoms with van der Waals surface area (Å²) in [7, 11) is 3.56. The summed E-state index contributed by atoms with van der Waals surface area (Å²) in [5, 5.41) is 6.78. The summed E-state index contributed by atoms with van der Waals surface area (Å²) in [5.74, 6) is 1.46. The van der Waals surface area contributed by atoms with Crippen LogP contribution in [0.3, 0.4) is 0 Å². The van der Waals surface area contributed by atoms with Gasteiger partial charge in [-0.05, 0) is 18.6 Å². The highest BCUT2D eigenvalue weighted by Gasteiger charge is 2.10. The van der Waals surface area contributed by atoms with Gasteiger partial charge in [0.25, 0.3) is 0 Å². The van der Waals surface area contributed by atoms with Crippen LogP contribution < -0.4 is 15.4 Å². The van der Waals surface area contributed by atoms with E-state index in [0.717, 1.165) is 12.4 Å². The molecular formula is C13H21ClIN3O. The minimum atomic E-state index is 0. The first-order valence-electron chi connectivity index (χ1n) is 6.00. The minimum Gasteiger partial charge on any atom is -0.487 e. The number of ether oxygens (including phenoxy) is 1. The lowest BCUT2D eigenvalue weighted by atomic mass is 10.2. The number of hydrogen-bond donors (Lipinski definition) is 2. The third-order valence-electron chi connectivity index (χ3n) is 2.54. The molecule has 1 aromatic carbocycles. The van der Waals surface area contributed by atoms with Gasteiger partial charge in [-0.1, -0.05) is 30.7 Å². The molecule has 4 nitrogen and oxygen atoms in total. The molecule has 19 heavy (non-hydrogen) atoms. The van der Waals surface area contributed by atoms with Crippen LogP contribution >= 0.6 is 35.6 Å². The summed E-state index contributed by atoms with van der Waals surface area (Å²) in [6.45, 7) is 2.75. The molecule has 0 heterocycles.